The van der Waals surface area contributed by atoms with Crippen molar-refractivity contribution in [2.45, 2.75) is 109 Å². The molecule has 1 unspecified atom stereocenters. The number of ether oxygens (including phenoxy) is 1. The van der Waals surface area contributed by atoms with Gasteiger partial charge in [-0.1, -0.05) is 50.7 Å². The fourth-order valence-electron chi connectivity index (χ4n) is 5.88. The van der Waals surface area contributed by atoms with Gasteiger partial charge in [0.25, 0.3) is 0 Å². The van der Waals surface area contributed by atoms with Crippen LogP contribution in [-0.4, -0.2) is 18.2 Å². The van der Waals surface area contributed by atoms with Gasteiger partial charge < -0.3 is 4.74 Å². The number of rotatable bonds is 6. The molecule has 0 aliphatic heterocycles. The molecule has 0 amide bonds. The first-order valence-corrected chi connectivity index (χ1v) is 11.8. The highest BCUT2D eigenvalue weighted by Gasteiger charge is 2.43. The summed E-state index contributed by atoms with van der Waals surface area (Å²) in [6.45, 7) is 2.28. The molecule has 0 aromatic rings. The summed E-state index contributed by atoms with van der Waals surface area (Å²) in [4.78, 5) is 11.0. The third-order valence-electron chi connectivity index (χ3n) is 7.71. The number of hydrogen-bond acceptors (Lipinski definition) is 2. The standard InChI is InChI=1S/C24H37F3O2/c1-2-3-4-17-5-7-18(8-6-17)19-9-11-20(12-10-19)21-13-15-22(16-14-21)29-23(28)24(25,26)27/h11,17-19,21-22H,2-10,12-16H2,1H3. The molecule has 29 heavy (non-hydrogen) atoms. The van der Waals surface area contributed by atoms with Crippen LogP contribution in [0.2, 0.25) is 0 Å². The quantitative estimate of drug-likeness (QED) is 0.335. The Kier molecular flexibility index (Phi) is 8.09. The smallest absolute Gasteiger partial charge is 0.456 e. The molecule has 5 heteroatoms. The molecule has 2 nitrogen and oxygen atoms in total. The van der Waals surface area contributed by atoms with Crippen LogP contribution < -0.4 is 0 Å². The molecule has 0 aromatic heterocycles. The minimum absolute atomic E-state index is 0.474. The Labute approximate surface area is 173 Å². The van der Waals surface area contributed by atoms with E-state index in [2.05, 4.69) is 17.7 Å². The molecule has 3 aliphatic rings. The SMILES string of the molecule is CCCCC1CCC(C2CC=C(C3CCC(OC(=O)C(F)(F)F)CC3)CC2)CC1. The summed E-state index contributed by atoms with van der Waals surface area (Å²) in [6, 6.07) is 0. The zero-order valence-corrected chi connectivity index (χ0v) is 17.8. The molecule has 2 saturated carbocycles. The summed E-state index contributed by atoms with van der Waals surface area (Å²) < 4.78 is 41.7. The van der Waals surface area contributed by atoms with E-state index in [1.54, 1.807) is 0 Å². The van der Waals surface area contributed by atoms with Gasteiger partial charge in [-0.15, -0.1) is 0 Å². The largest absolute Gasteiger partial charge is 0.490 e. The second kappa shape index (κ2) is 10.3. The average molecular weight is 415 g/mol. The van der Waals surface area contributed by atoms with Crippen molar-refractivity contribution in [3.8, 4) is 0 Å². The lowest BCUT2D eigenvalue weighted by molar-refractivity contribution is -0.206. The zero-order valence-electron chi connectivity index (χ0n) is 17.8. The van der Waals surface area contributed by atoms with Crippen LogP contribution in [0.4, 0.5) is 13.2 Å². The van der Waals surface area contributed by atoms with Gasteiger partial charge in [-0.25, -0.2) is 4.79 Å². The van der Waals surface area contributed by atoms with Crippen molar-refractivity contribution in [1.82, 2.24) is 0 Å². The van der Waals surface area contributed by atoms with Crippen molar-refractivity contribution in [1.29, 1.82) is 0 Å². The van der Waals surface area contributed by atoms with E-state index < -0.39 is 18.2 Å². The first-order valence-electron chi connectivity index (χ1n) is 11.8. The second-order valence-corrected chi connectivity index (χ2v) is 9.61. The Hall–Kier alpha value is -1.00. The molecule has 3 rings (SSSR count). The molecule has 166 valence electrons. The van der Waals surface area contributed by atoms with E-state index in [1.807, 2.05) is 0 Å². The van der Waals surface area contributed by atoms with Crippen LogP contribution in [0, 0.1) is 23.7 Å². The van der Waals surface area contributed by atoms with Crippen molar-refractivity contribution in [3.05, 3.63) is 11.6 Å². The third kappa shape index (κ3) is 6.49. The highest BCUT2D eigenvalue weighted by molar-refractivity contribution is 5.75. The van der Waals surface area contributed by atoms with Crippen LogP contribution in [0.5, 0.6) is 0 Å². The predicted octanol–water partition coefficient (Wildman–Crippen LogP) is 7.37. The molecule has 0 bridgehead atoms. The van der Waals surface area contributed by atoms with E-state index in [1.165, 1.54) is 63.4 Å². The van der Waals surface area contributed by atoms with Gasteiger partial charge in [-0.2, -0.15) is 13.2 Å². The average Bonchev–Trinajstić information content (AvgIpc) is 2.73. The van der Waals surface area contributed by atoms with Crippen LogP contribution in [0.3, 0.4) is 0 Å². The van der Waals surface area contributed by atoms with Crippen molar-refractivity contribution in [2.24, 2.45) is 23.7 Å². The maximum Gasteiger partial charge on any atom is 0.490 e. The Balaban J connectivity index is 1.39. The molecule has 1 atom stereocenters. The molecule has 0 N–H and O–H groups in total. The summed E-state index contributed by atoms with van der Waals surface area (Å²) in [5.41, 5.74) is 1.51. The van der Waals surface area contributed by atoms with Crippen LogP contribution in [-0.2, 0) is 9.53 Å². The summed E-state index contributed by atoms with van der Waals surface area (Å²) in [5, 5.41) is 0. The van der Waals surface area contributed by atoms with E-state index in [9.17, 15) is 18.0 Å². The normalized spacial score (nSPS) is 33.8. The Morgan fingerprint density at radius 3 is 2.24 bits per heavy atom. The lowest BCUT2D eigenvalue weighted by Crippen LogP contribution is -2.32. The summed E-state index contributed by atoms with van der Waals surface area (Å²) >= 11 is 0. The van der Waals surface area contributed by atoms with E-state index >= 15 is 0 Å². The molecule has 0 aromatic carbocycles. The fourth-order valence-corrected chi connectivity index (χ4v) is 5.88. The van der Waals surface area contributed by atoms with Gasteiger partial charge in [0, 0.05) is 0 Å². The van der Waals surface area contributed by atoms with Crippen LogP contribution >= 0.6 is 0 Å². The number of halogens is 3. The van der Waals surface area contributed by atoms with Gasteiger partial charge in [-0.3, -0.25) is 0 Å². The highest BCUT2D eigenvalue weighted by atomic mass is 19.4. The van der Waals surface area contributed by atoms with E-state index in [0.717, 1.165) is 37.0 Å². The monoisotopic (exact) mass is 414 g/mol. The van der Waals surface area contributed by atoms with Crippen LogP contribution in [0.25, 0.3) is 0 Å². The van der Waals surface area contributed by atoms with E-state index in [-0.39, 0.29) is 0 Å². The summed E-state index contributed by atoms with van der Waals surface area (Å²) in [6.07, 6.45) is 13.1. The van der Waals surface area contributed by atoms with Crippen molar-refractivity contribution >= 4 is 5.97 Å². The maximum atomic E-state index is 12.4. The number of carbonyl (C=O) groups is 1. The third-order valence-corrected chi connectivity index (χ3v) is 7.71. The van der Waals surface area contributed by atoms with Crippen LogP contribution in [0.15, 0.2) is 11.6 Å². The highest BCUT2D eigenvalue weighted by Crippen LogP contribution is 2.43. The van der Waals surface area contributed by atoms with Gasteiger partial charge in [0.05, 0.1) is 0 Å². The zero-order chi connectivity index (χ0) is 20.9. The molecule has 3 aliphatic carbocycles. The minimum Gasteiger partial charge on any atom is -0.456 e. The molecular weight excluding hydrogens is 377 g/mol. The summed E-state index contributed by atoms with van der Waals surface area (Å²) in [7, 11) is 0. The molecule has 0 spiro atoms. The van der Waals surface area contributed by atoms with Gasteiger partial charge >= 0.3 is 12.1 Å². The van der Waals surface area contributed by atoms with Gasteiger partial charge in [0.2, 0.25) is 0 Å². The minimum atomic E-state index is -4.88. The van der Waals surface area contributed by atoms with Crippen LogP contribution in [0.1, 0.15) is 96.8 Å². The Morgan fingerprint density at radius 2 is 1.69 bits per heavy atom. The van der Waals surface area contributed by atoms with Gasteiger partial charge in [0.15, 0.2) is 0 Å². The molecular formula is C24H37F3O2. The Morgan fingerprint density at radius 1 is 1.00 bits per heavy atom. The van der Waals surface area contributed by atoms with Gasteiger partial charge in [-0.05, 0) is 81.5 Å². The number of allylic oxidation sites excluding steroid dienone is 2. The predicted molar refractivity (Wildman–Crippen MR) is 108 cm³/mol. The first kappa shape index (κ1) is 22.7. The number of alkyl halides is 3. The van der Waals surface area contributed by atoms with Gasteiger partial charge in [0.1, 0.15) is 6.10 Å². The molecule has 0 heterocycles. The Bertz CT molecular complexity index is 553. The van der Waals surface area contributed by atoms with Crippen molar-refractivity contribution in [3.63, 3.8) is 0 Å². The van der Waals surface area contributed by atoms with E-state index in [0.29, 0.717) is 18.8 Å². The van der Waals surface area contributed by atoms with E-state index in [4.69, 9.17) is 0 Å². The topological polar surface area (TPSA) is 26.3 Å². The number of esters is 1. The lowest BCUT2D eigenvalue weighted by Gasteiger charge is -2.37. The number of hydrogen-bond donors (Lipinski definition) is 0. The van der Waals surface area contributed by atoms with Crippen molar-refractivity contribution < 1.29 is 22.7 Å². The number of carbonyl (C=O) groups excluding carboxylic acids is 1. The summed E-state index contributed by atoms with van der Waals surface area (Å²) in [5.74, 6) is 1.12. The fraction of sp³-hybridized carbons (Fsp3) is 0.875. The molecule has 2 fully saturated rings. The molecule has 0 saturated heterocycles. The maximum absolute atomic E-state index is 12.4. The molecule has 0 radical (unpaired) electrons. The van der Waals surface area contributed by atoms with Crippen molar-refractivity contribution in [2.75, 3.05) is 0 Å². The number of unbranched alkanes of at least 4 members (excludes halogenated alkanes) is 1. The second-order valence-electron chi connectivity index (χ2n) is 9.61. The first-order chi connectivity index (χ1) is 13.9. The lowest BCUT2D eigenvalue weighted by atomic mass is 9.69.